The summed E-state index contributed by atoms with van der Waals surface area (Å²) in [6.07, 6.45) is 1.57. The van der Waals surface area contributed by atoms with Crippen molar-refractivity contribution in [2.24, 2.45) is 0 Å². The average molecular weight is 423 g/mol. The number of hydrogen-bond acceptors (Lipinski definition) is 5. The van der Waals surface area contributed by atoms with E-state index in [-0.39, 0.29) is 18.3 Å². The van der Waals surface area contributed by atoms with Crippen LogP contribution in [-0.2, 0) is 13.2 Å². The van der Waals surface area contributed by atoms with Crippen LogP contribution in [0, 0.1) is 6.92 Å². The van der Waals surface area contributed by atoms with Crippen LogP contribution in [0.5, 0.6) is 5.75 Å². The molecule has 1 N–H and O–H groups in total. The van der Waals surface area contributed by atoms with E-state index < -0.39 is 5.91 Å². The Kier molecular flexibility index (Phi) is 5.81. The number of halogens is 1. The molecule has 0 atom stereocenters. The van der Waals surface area contributed by atoms with E-state index in [1.807, 2.05) is 31.2 Å². The number of nitrogens with one attached hydrogen (secondary N) is 1. The summed E-state index contributed by atoms with van der Waals surface area (Å²) < 4.78 is 12.8. The average Bonchev–Trinajstić information content (AvgIpc) is 3.39. The second-order valence-electron chi connectivity index (χ2n) is 6.71. The van der Waals surface area contributed by atoms with Gasteiger partial charge in [0.15, 0.2) is 5.76 Å². The van der Waals surface area contributed by atoms with Crippen molar-refractivity contribution >= 4 is 23.5 Å². The van der Waals surface area contributed by atoms with E-state index in [1.54, 1.807) is 47.4 Å². The number of nitrogens with zero attached hydrogens (tertiary/aromatic N) is 3. The summed E-state index contributed by atoms with van der Waals surface area (Å²) in [6, 6.07) is 18.4. The van der Waals surface area contributed by atoms with Crippen molar-refractivity contribution in [2.75, 3.05) is 5.32 Å². The van der Waals surface area contributed by atoms with E-state index in [2.05, 4.69) is 15.4 Å². The number of anilines is 1. The highest BCUT2D eigenvalue weighted by molar-refractivity contribution is 6.30. The molecule has 2 aromatic heterocycles. The molecule has 8 heteroatoms. The summed E-state index contributed by atoms with van der Waals surface area (Å²) in [5, 5.41) is 7.55. The molecule has 0 saturated heterocycles. The quantitative estimate of drug-likeness (QED) is 0.466. The molecular formula is C22H19ClN4O3. The van der Waals surface area contributed by atoms with Crippen molar-refractivity contribution in [1.82, 2.24) is 14.8 Å². The third kappa shape index (κ3) is 5.07. The fourth-order valence-electron chi connectivity index (χ4n) is 2.73. The Morgan fingerprint density at radius 2 is 1.87 bits per heavy atom. The number of amides is 1. The Balaban J connectivity index is 1.32. The van der Waals surface area contributed by atoms with Gasteiger partial charge in [0.1, 0.15) is 24.4 Å². The first kappa shape index (κ1) is 19.7. The lowest BCUT2D eigenvalue weighted by Crippen LogP contribution is -2.12. The zero-order chi connectivity index (χ0) is 20.9. The van der Waals surface area contributed by atoms with Crippen LogP contribution in [0.3, 0.4) is 0 Å². The number of carbonyl (C=O) groups is 1. The third-order valence-corrected chi connectivity index (χ3v) is 4.56. The molecule has 0 saturated carbocycles. The van der Waals surface area contributed by atoms with E-state index in [1.165, 1.54) is 5.56 Å². The molecule has 4 aromatic rings. The van der Waals surface area contributed by atoms with Crippen LogP contribution in [0.1, 0.15) is 27.4 Å². The molecule has 7 nitrogen and oxygen atoms in total. The first-order chi connectivity index (χ1) is 14.5. The topological polar surface area (TPSA) is 82.2 Å². The lowest BCUT2D eigenvalue weighted by atomic mass is 10.1. The molecule has 152 valence electrons. The molecule has 0 spiro atoms. The number of hydrogen-bond donors (Lipinski definition) is 1. The Labute approximate surface area is 178 Å². The standard InChI is InChI=1S/C22H19ClN4O3/c1-15-2-4-16(5-3-15)12-27-14-24-22(26-27)25-21(28)20-11-10-19(30-20)13-29-18-8-6-17(23)7-9-18/h2-11,14H,12-13H2,1H3,(H,25,26,28). The van der Waals surface area contributed by atoms with Gasteiger partial charge in [-0.25, -0.2) is 9.67 Å². The van der Waals surface area contributed by atoms with Gasteiger partial charge in [-0.3, -0.25) is 10.1 Å². The van der Waals surface area contributed by atoms with Crippen molar-refractivity contribution in [3.63, 3.8) is 0 Å². The molecule has 0 aliphatic rings. The minimum atomic E-state index is -0.430. The summed E-state index contributed by atoms with van der Waals surface area (Å²) in [7, 11) is 0. The van der Waals surface area contributed by atoms with E-state index >= 15 is 0 Å². The molecule has 2 aromatic carbocycles. The predicted octanol–water partition coefficient (Wildman–Crippen LogP) is 4.71. The maximum Gasteiger partial charge on any atom is 0.293 e. The fourth-order valence-corrected chi connectivity index (χ4v) is 2.86. The molecule has 30 heavy (non-hydrogen) atoms. The second-order valence-corrected chi connectivity index (χ2v) is 7.15. The number of ether oxygens (including phenoxy) is 1. The maximum atomic E-state index is 12.4. The SMILES string of the molecule is Cc1ccc(Cn2cnc(NC(=O)c3ccc(COc4ccc(Cl)cc4)o3)n2)cc1. The van der Waals surface area contributed by atoms with Crippen molar-refractivity contribution in [3.8, 4) is 5.75 Å². The van der Waals surface area contributed by atoms with Crippen molar-refractivity contribution < 1.29 is 13.9 Å². The number of aryl methyl sites for hydroxylation is 1. The summed E-state index contributed by atoms with van der Waals surface area (Å²) in [5.74, 6) is 1.11. The van der Waals surface area contributed by atoms with Crippen LogP contribution < -0.4 is 10.1 Å². The van der Waals surface area contributed by atoms with Crippen LogP contribution in [0.2, 0.25) is 5.02 Å². The van der Waals surface area contributed by atoms with E-state index in [0.717, 1.165) is 5.56 Å². The number of rotatable bonds is 7. The van der Waals surface area contributed by atoms with Crippen molar-refractivity contribution in [3.05, 3.63) is 94.7 Å². The summed E-state index contributed by atoms with van der Waals surface area (Å²) in [4.78, 5) is 16.5. The normalized spacial score (nSPS) is 10.7. The minimum Gasteiger partial charge on any atom is -0.486 e. The van der Waals surface area contributed by atoms with Gasteiger partial charge in [-0.1, -0.05) is 41.4 Å². The largest absolute Gasteiger partial charge is 0.486 e. The first-order valence-corrected chi connectivity index (χ1v) is 9.66. The summed E-state index contributed by atoms with van der Waals surface area (Å²) in [6.45, 7) is 2.80. The Hall–Kier alpha value is -3.58. The van der Waals surface area contributed by atoms with Gasteiger partial charge in [0.2, 0.25) is 5.95 Å². The molecule has 4 rings (SSSR count). The highest BCUT2D eigenvalue weighted by Gasteiger charge is 2.14. The third-order valence-electron chi connectivity index (χ3n) is 4.31. The van der Waals surface area contributed by atoms with Gasteiger partial charge < -0.3 is 9.15 Å². The molecule has 0 aliphatic heterocycles. The molecule has 0 radical (unpaired) electrons. The molecule has 0 bridgehead atoms. The minimum absolute atomic E-state index is 0.152. The molecule has 1 amide bonds. The van der Waals surface area contributed by atoms with E-state index in [9.17, 15) is 4.79 Å². The van der Waals surface area contributed by atoms with E-state index in [4.69, 9.17) is 20.8 Å². The van der Waals surface area contributed by atoms with Crippen molar-refractivity contribution in [2.45, 2.75) is 20.1 Å². The van der Waals surface area contributed by atoms with Crippen LogP contribution in [0.25, 0.3) is 0 Å². The lowest BCUT2D eigenvalue weighted by molar-refractivity contribution is 0.0991. The summed E-state index contributed by atoms with van der Waals surface area (Å²) in [5.41, 5.74) is 2.29. The Morgan fingerprint density at radius 1 is 1.10 bits per heavy atom. The second kappa shape index (κ2) is 8.84. The van der Waals surface area contributed by atoms with Gasteiger partial charge in [0.05, 0.1) is 6.54 Å². The monoisotopic (exact) mass is 422 g/mol. The van der Waals surface area contributed by atoms with Crippen LogP contribution in [0.15, 0.2) is 71.4 Å². The fraction of sp³-hybridized carbons (Fsp3) is 0.136. The molecular weight excluding hydrogens is 404 g/mol. The van der Waals surface area contributed by atoms with Gasteiger partial charge in [0, 0.05) is 5.02 Å². The van der Waals surface area contributed by atoms with Gasteiger partial charge in [0.25, 0.3) is 5.91 Å². The molecule has 0 aliphatic carbocycles. The lowest BCUT2D eigenvalue weighted by Gasteiger charge is -2.04. The number of furan rings is 1. The zero-order valence-electron chi connectivity index (χ0n) is 16.2. The van der Waals surface area contributed by atoms with Crippen LogP contribution >= 0.6 is 11.6 Å². The molecule has 2 heterocycles. The molecule has 0 unspecified atom stereocenters. The zero-order valence-corrected chi connectivity index (χ0v) is 17.0. The van der Waals surface area contributed by atoms with Crippen molar-refractivity contribution in [1.29, 1.82) is 0 Å². The Morgan fingerprint density at radius 3 is 2.63 bits per heavy atom. The van der Waals surface area contributed by atoms with E-state index in [0.29, 0.717) is 23.1 Å². The number of aromatic nitrogens is 3. The number of carbonyl (C=O) groups excluding carboxylic acids is 1. The smallest absolute Gasteiger partial charge is 0.293 e. The maximum absolute atomic E-state index is 12.4. The van der Waals surface area contributed by atoms with Gasteiger partial charge in [-0.15, -0.1) is 5.10 Å². The van der Waals surface area contributed by atoms with Gasteiger partial charge in [-0.05, 0) is 48.9 Å². The van der Waals surface area contributed by atoms with Crippen LogP contribution in [0.4, 0.5) is 5.95 Å². The summed E-state index contributed by atoms with van der Waals surface area (Å²) >= 11 is 5.85. The van der Waals surface area contributed by atoms with Gasteiger partial charge in [-0.2, -0.15) is 0 Å². The molecule has 0 fully saturated rings. The Bertz CT molecular complexity index is 1130. The van der Waals surface area contributed by atoms with Crippen LogP contribution in [-0.4, -0.2) is 20.7 Å². The highest BCUT2D eigenvalue weighted by atomic mass is 35.5. The predicted molar refractivity (Wildman–Crippen MR) is 113 cm³/mol. The number of benzene rings is 2. The highest BCUT2D eigenvalue weighted by Crippen LogP contribution is 2.18. The van der Waals surface area contributed by atoms with Gasteiger partial charge >= 0.3 is 0 Å². The first-order valence-electron chi connectivity index (χ1n) is 9.28.